The van der Waals surface area contributed by atoms with Crippen molar-refractivity contribution in [3.8, 4) is 5.75 Å². The highest BCUT2D eigenvalue weighted by Crippen LogP contribution is 2.11. The van der Waals surface area contributed by atoms with Gasteiger partial charge < -0.3 is 10.1 Å². The molecule has 1 amide bonds. The summed E-state index contributed by atoms with van der Waals surface area (Å²) >= 11 is 5.61. The van der Waals surface area contributed by atoms with Crippen LogP contribution < -0.4 is 10.1 Å². The van der Waals surface area contributed by atoms with E-state index in [1.165, 1.54) is 0 Å². The molecule has 0 aromatic heterocycles. The minimum absolute atomic E-state index is 0.00687. The number of amides is 1. The van der Waals surface area contributed by atoms with Crippen LogP contribution in [0.2, 0.25) is 0 Å². The van der Waals surface area contributed by atoms with Crippen molar-refractivity contribution in [1.82, 2.24) is 5.32 Å². The van der Waals surface area contributed by atoms with Gasteiger partial charge in [0.05, 0.1) is 13.5 Å². The quantitative estimate of drug-likeness (QED) is 0.801. The van der Waals surface area contributed by atoms with E-state index < -0.39 is 0 Å². The fourth-order valence-electron chi connectivity index (χ4n) is 1.29. The number of carbonyl (C=O) groups excluding carboxylic acids is 1. The van der Waals surface area contributed by atoms with Gasteiger partial charge in [0.25, 0.3) is 0 Å². The third-order valence-electron chi connectivity index (χ3n) is 2.16. The summed E-state index contributed by atoms with van der Waals surface area (Å²) in [6.45, 7) is 1.87. The molecule has 0 saturated carbocycles. The number of hydrogen-bond acceptors (Lipinski definition) is 2. The van der Waals surface area contributed by atoms with Crippen LogP contribution in [-0.2, 0) is 11.2 Å². The van der Waals surface area contributed by atoms with E-state index in [1.54, 1.807) is 7.11 Å². The molecule has 0 heterocycles. The second-order valence-electron chi connectivity index (χ2n) is 3.65. The largest absolute Gasteiger partial charge is 0.497 e. The number of nitrogens with one attached hydrogen (secondary N) is 1. The first kappa shape index (κ1) is 12.8. The molecule has 0 aliphatic rings. The van der Waals surface area contributed by atoms with Crippen molar-refractivity contribution in [2.24, 2.45) is 0 Å². The SMILES string of the molecule is COc1ccc(CC(=O)NC(C)CCl)cc1. The Morgan fingerprint density at radius 2 is 2.06 bits per heavy atom. The highest BCUT2D eigenvalue weighted by Gasteiger charge is 2.06. The fourth-order valence-corrected chi connectivity index (χ4v) is 1.37. The van der Waals surface area contributed by atoms with Gasteiger partial charge in [-0.3, -0.25) is 4.79 Å². The van der Waals surface area contributed by atoms with Gasteiger partial charge in [-0.1, -0.05) is 12.1 Å². The molecule has 1 aromatic carbocycles. The molecule has 1 unspecified atom stereocenters. The molecule has 1 aromatic rings. The highest BCUT2D eigenvalue weighted by molar-refractivity contribution is 6.18. The summed E-state index contributed by atoms with van der Waals surface area (Å²) in [5.74, 6) is 1.20. The van der Waals surface area contributed by atoms with Crippen molar-refractivity contribution in [2.75, 3.05) is 13.0 Å². The minimum atomic E-state index is -0.0154. The lowest BCUT2D eigenvalue weighted by atomic mass is 10.1. The van der Waals surface area contributed by atoms with Crippen LogP contribution in [0.15, 0.2) is 24.3 Å². The average molecular weight is 242 g/mol. The standard InChI is InChI=1S/C12H16ClNO2/c1-9(8-13)14-12(15)7-10-3-5-11(16-2)6-4-10/h3-6,9H,7-8H2,1-2H3,(H,14,15). The van der Waals surface area contributed by atoms with Crippen molar-refractivity contribution < 1.29 is 9.53 Å². The van der Waals surface area contributed by atoms with Gasteiger partial charge in [0.2, 0.25) is 5.91 Å². The fraction of sp³-hybridized carbons (Fsp3) is 0.417. The topological polar surface area (TPSA) is 38.3 Å². The zero-order chi connectivity index (χ0) is 12.0. The summed E-state index contributed by atoms with van der Waals surface area (Å²) in [6.07, 6.45) is 0.366. The third kappa shape index (κ3) is 4.11. The van der Waals surface area contributed by atoms with Crippen LogP contribution in [0, 0.1) is 0 Å². The van der Waals surface area contributed by atoms with E-state index in [-0.39, 0.29) is 11.9 Å². The Morgan fingerprint density at radius 3 is 2.56 bits per heavy atom. The van der Waals surface area contributed by atoms with Crippen molar-refractivity contribution in [3.63, 3.8) is 0 Å². The summed E-state index contributed by atoms with van der Waals surface area (Å²) < 4.78 is 5.04. The van der Waals surface area contributed by atoms with Gasteiger partial charge >= 0.3 is 0 Å². The molecule has 88 valence electrons. The molecule has 0 aliphatic heterocycles. The third-order valence-corrected chi connectivity index (χ3v) is 2.63. The van der Waals surface area contributed by atoms with Gasteiger partial charge in [0, 0.05) is 11.9 Å². The van der Waals surface area contributed by atoms with Gasteiger partial charge in [0.15, 0.2) is 0 Å². The average Bonchev–Trinajstić information content (AvgIpc) is 2.29. The molecular weight excluding hydrogens is 226 g/mol. The molecule has 4 heteroatoms. The van der Waals surface area contributed by atoms with E-state index in [4.69, 9.17) is 16.3 Å². The van der Waals surface area contributed by atoms with Crippen LogP contribution in [0.1, 0.15) is 12.5 Å². The first-order valence-corrected chi connectivity index (χ1v) is 5.67. The summed E-state index contributed by atoms with van der Waals surface area (Å²) in [4.78, 5) is 11.5. The molecule has 0 aliphatic carbocycles. The van der Waals surface area contributed by atoms with Crippen LogP contribution in [0.5, 0.6) is 5.75 Å². The number of ether oxygens (including phenoxy) is 1. The maximum absolute atomic E-state index is 11.5. The van der Waals surface area contributed by atoms with E-state index in [0.717, 1.165) is 11.3 Å². The van der Waals surface area contributed by atoms with Crippen molar-refractivity contribution in [1.29, 1.82) is 0 Å². The number of halogens is 1. The molecule has 1 N–H and O–H groups in total. The summed E-state index contributed by atoms with van der Waals surface area (Å²) in [7, 11) is 1.61. The Labute approximate surface area is 101 Å². The summed E-state index contributed by atoms with van der Waals surface area (Å²) in [5.41, 5.74) is 0.958. The van der Waals surface area contributed by atoms with Crippen LogP contribution >= 0.6 is 11.6 Å². The number of carbonyl (C=O) groups is 1. The van der Waals surface area contributed by atoms with Crippen molar-refractivity contribution in [2.45, 2.75) is 19.4 Å². The maximum Gasteiger partial charge on any atom is 0.224 e. The molecule has 0 spiro atoms. The van der Waals surface area contributed by atoms with Crippen LogP contribution in [-0.4, -0.2) is 24.9 Å². The predicted molar refractivity (Wildman–Crippen MR) is 65.0 cm³/mol. The van der Waals surface area contributed by atoms with Gasteiger partial charge in [-0.05, 0) is 24.6 Å². The first-order chi connectivity index (χ1) is 7.65. The maximum atomic E-state index is 11.5. The van der Waals surface area contributed by atoms with E-state index in [9.17, 15) is 4.79 Å². The van der Waals surface area contributed by atoms with E-state index >= 15 is 0 Å². The Morgan fingerprint density at radius 1 is 1.44 bits per heavy atom. The number of methoxy groups -OCH3 is 1. The predicted octanol–water partition coefficient (Wildman–Crippen LogP) is 1.98. The molecule has 0 bridgehead atoms. The lowest BCUT2D eigenvalue weighted by molar-refractivity contribution is -0.120. The number of hydrogen-bond donors (Lipinski definition) is 1. The van der Waals surface area contributed by atoms with Gasteiger partial charge in [-0.25, -0.2) is 0 Å². The lowest BCUT2D eigenvalue weighted by Crippen LogP contribution is -2.34. The molecule has 0 saturated heterocycles. The number of rotatable bonds is 5. The Kier molecular flexibility index (Phi) is 5.12. The van der Waals surface area contributed by atoms with E-state index in [1.807, 2.05) is 31.2 Å². The first-order valence-electron chi connectivity index (χ1n) is 5.14. The van der Waals surface area contributed by atoms with Gasteiger partial charge in [0.1, 0.15) is 5.75 Å². The zero-order valence-corrected chi connectivity index (χ0v) is 10.3. The molecule has 1 rings (SSSR count). The Hall–Kier alpha value is -1.22. The molecule has 3 nitrogen and oxygen atoms in total. The number of benzene rings is 1. The summed E-state index contributed by atoms with van der Waals surface area (Å²) in [5, 5.41) is 2.80. The Bertz CT molecular complexity index is 337. The Balaban J connectivity index is 2.49. The van der Waals surface area contributed by atoms with Gasteiger partial charge in [-0.15, -0.1) is 11.6 Å². The van der Waals surface area contributed by atoms with Crippen molar-refractivity contribution >= 4 is 17.5 Å². The minimum Gasteiger partial charge on any atom is -0.497 e. The van der Waals surface area contributed by atoms with E-state index in [0.29, 0.717) is 12.3 Å². The summed E-state index contributed by atoms with van der Waals surface area (Å²) in [6, 6.07) is 7.45. The highest BCUT2D eigenvalue weighted by atomic mass is 35.5. The molecule has 0 fully saturated rings. The molecule has 0 radical (unpaired) electrons. The smallest absolute Gasteiger partial charge is 0.224 e. The molecular formula is C12H16ClNO2. The lowest BCUT2D eigenvalue weighted by Gasteiger charge is -2.10. The monoisotopic (exact) mass is 241 g/mol. The van der Waals surface area contributed by atoms with Gasteiger partial charge in [-0.2, -0.15) is 0 Å². The molecule has 1 atom stereocenters. The second-order valence-corrected chi connectivity index (χ2v) is 3.96. The molecule has 16 heavy (non-hydrogen) atoms. The van der Waals surface area contributed by atoms with E-state index in [2.05, 4.69) is 5.32 Å². The van der Waals surface area contributed by atoms with Crippen LogP contribution in [0.4, 0.5) is 0 Å². The zero-order valence-electron chi connectivity index (χ0n) is 9.50. The second kappa shape index (κ2) is 6.38. The normalized spacial score (nSPS) is 11.9. The van der Waals surface area contributed by atoms with Crippen molar-refractivity contribution in [3.05, 3.63) is 29.8 Å². The van der Waals surface area contributed by atoms with Crippen LogP contribution in [0.25, 0.3) is 0 Å². The van der Waals surface area contributed by atoms with Crippen LogP contribution in [0.3, 0.4) is 0 Å². The number of alkyl halides is 1.